The van der Waals surface area contributed by atoms with Crippen molar-refractivity contribution in [3.05, 3.63) is 71.2 Å². The second-order valence-corrected chi connectivity index (χ2v) is 6.89. The van der Waals surface area contributed by atoms with Gasteiger partial charge < -0.3 is 4.90 Å². The summed E-state index contributed by atoms with van der Waals surface area (Å²) in [5, 5.41) is 4.20. The minimum absolute atomic E-state index is 0.00440. The molecule has 0 aliphatic carbocycles. The van der Waals surface area contributed by atoms with Crippen LogP contribution in [0.1, 0.15) is 40.1 Å². The van der Waals surface area contributed by atoms with Crippen molar-refractivity contribution in [3.8, 4) is 11.3 Å². The standard InChI is InChI=1S/C21H22N4O/c1-14-8-9-19(17-12-22-24(3)13-17)23-20(14)21(26)25-11-10-16-6-4-5-7-18(16)15(25)2/h4-9,12-13,15H,10-11H2,1-3H3. The van der Waals surface area contributed by atoms with Gasteiger partial charge in [-0.05, 0) is 43.0 Å². The van der Waals surface area contributed by atoms with E-state index in [0.29, 0.717) is 5.69 Å². The van der Waals surface area contributed by atoms with Crippen LogP contribution in [0.2, 0.25) is 0 Å². The minimum atomic E-state index is -0.00440. The fourth-order valence-corrected chi connectivity index (χ4v) is 3.64. The van der Waals surface area contributed by atoms with Crippen LogP contribution in [0.4, 0.5) is 0 Å². The fraction of sp³-hybridized carbons (Fsp3) is 0.286. The van der Waals surface area contributed by atoms with Gasteiger partial charge in [0.1, 0.15) is 5.69 Å². The van der Waals surface area contributed by atoms with E-state index in [2.05, 4.69) is 35.2 Å². The van der Waals surface area contributed by atoms with Crippen molar-refractivity contribution in [2.75, 3.05) is 6.54 Å². The highest BCUT2D eigenvalue weighted by molar-refractivity contribution is 5.94. The molecule has 3 heterocycles. The van der Waals surface area contributed by atoms with Gasteiger partial charge in [0.05, 0.1) is 17.9 Å². The average molecular weight is 346 g/mol. The number of hydrogen-bond acceptors (Lipinski definition) is 3. The van der Waals surface area contributed by atoms with Gasteiger partial charge in [-0.1, -0.05) is 30.3 Å². The first kappa shape index (κ1) is 16.5. The number of hydrogen-bond donors (Lipinski definition) is 0. The SMILES string of the molecule is Cc1ccc(-c2cnn(C)c2)nc1C(=O)N1CCc2ccccc2C1C. The topological polar surface area (TPSA) is 51.0 Å². The largest absolute Gasteiger partial charge is 0.330 e. The van der Waals surface area contributed by atoms with E-state index in [4.69, 9.17) is 0 Å². The van der Waals surface area contributed by atoms with Crippen molar-refractivity contribution in [3.63, 3.8) is 0 Å². The van der Waals surface area contributed by atoms with Crippen molar-refractivity contribution in [2.24, 2.45) is 7.05 Å². The molecule has 0 fully saturated rings. The lowest BCUT2D eigenvalue weighted by Gasteiger charge is -2.35. The van der Waals surface area contributed by atoms with Crippen LogP contribution in [0, 0.1) is 6.92 Å². The molecule has 0 saturated heterocycles. The third-order valence-electron chi connectivity index (χ3n) is 5.16. The molecule has 0 saturated carbocycles. The quantitative estimate of drug-likeness (QED) is 0.713. The molecule has 0 radical (unpaired) electrons. The van der Waals surface area contributed by atoms with Crippen LogP contribution in [0.15, 0.2) is 48.8 Å². The van der Waals surface area contributed by atoms with Crippen LogP contribution in [-0.2, 0) is 13.5 Å². The van der Waals surface area contributed by atoms with Gasteiger partial charge in [-0.2, -0.15) is 5.10 Å². The van der Waals surface area contributed by atoms with Crippen LogP contribution in [0.5, 0.6) is 0 Å². The Morgan fingerprint density at radius 2 is 2.00 bits per heavy atom. The van der Waals surface area contributed by atoms with Gasteiger partial charge in [0.15, 0.2) is 0 Å². The number of rotatable bonds is 2. The number of aromatic nitrogens is 3. The van der Waals surface area contributed by atoms with Crippen molar-refractivity contribution in [1.29, 1.82) is 0 Å². The molecule has 132 valence electrons. The molecule has 0 bridgehead atoms. The lowest BCUT2D eigenvalue weighted by Crippen LogP contribution is -2.39. The molecule has 5 nitrogen and oxygen atoms in total. The zero-order valence-electron chi connectivity index (χ0n) is 15.3. The van der Waals surface area contributed by atoms with Crippen LogP contribution in [0.25, 0.3) is 11.3 Å². The molecule has 2 aromatic heterocycles. The van der Waals surface area contributed by atoms with E-state index in [0.717, 1.165) is 29.8 Å². The van der Waals surface area contributed by atoms with E-state index in [1.54, 1.807) is 10.9 Å². The van der Waals surface area contributed by atoms with Crippen LogP contribution in [-0.4, -0.2) is 32.1 Å². The number of amides is 1. The van der Waals surface area contributed by atoms with Crippen molar-refractivity contribution >= 4 is 5.91 Å². The number of fused-ring (bicyclic) bond motifs is 1. The maximum atomic E-state index is 13.3. The molecule has 4 rings (SSSR count). The Bertz CT molecular complexity index is 976. The summed E-state index contributed by atoms with van der Waals surface area (Å²) in [4.78, 5) is 19.9. The van der Waals surface area contributed by atoms with Crippen LogP contribution in [0.3, 0.4) is 0 Å². The van der Waals surface area contributed by atoms with Crippen molar-refractivity contribution in [1.82, 2.24) is 19.7 Å². The minimum Gasteiger partial charge on any atom is -0.330 e. The van der Waals surface area contributed by atoms with Gasteiger partial charge in [-0.25, -0.2) is 4.98 Å². The van der Waals surface area contributed by atoms with E-state index in [1.807, 2.05) is 43.3 Å². The second-order valence-electron chi connectivity index (χ2n) is 6.89. The summed E-state index contributed by atoms with van der Waals surface area (Å²) >= 11 is 0. The van der Waals surface area contributed by atoms with Gasteiger partial charge in [0.25, 0.3) is 5.91 Å². The summed E-state index contributed by atoms with van der Waals surface area (Å²) in [5.74, 6) is -0.00440. The van der Waals surface area contributed by atoms with Gasteiger partial charge in [-0.3, -0.25) is 9.48 Å². The van der Waals surface area contributed by atoms with E-state index < -0.39 is 0 Å². The predicted octanol–water partition coefficient (Wildman–Crippen LogP) is 3.55. The van der Waals surface area contributed by atoms with Crippen LogP contribution >= 0.6 is 0 Å². The maximum absolute atomic E-state index is 13.3. The monoisotopic (exact) mass is 346 g/mol. The Morgan fingerprint density at radius 3 is 2.77 bits per heavy atom. The first-order valence-electron chi connectivity index (χ1n) is 8.90. The summed E-state index contributed by atoms with van der Waals surface area (Å²) in [5.41, 5.74) is 5.67. The molecule has 1 unspecified atom stereocenters. The van der Waals surface area contributed by atoms with Gasteiger partial charge in [0.2, 0.25) is 0 Å². The average Bonchev–Trinajstić information content (AvgIpc) is 3.08. The lowest BCUT2D eigenvalue weighted by molar-refractivity contribution is 0.0671. The highest BCUT2D eigenvalue weighted by Crippen LogP contribution is 2.31. The summed E-state index contributed by atoms with van der Waals surface area (Å²) in [6.07, 6.45) is 4.56. The Kier molecular flexibility index (Phi) is 4.07. The smallest absolute Gasteiger partial charge is 0.273 e. The van der Waals surface area contributed by atoms with Crippen molar-refractivity contribution < 1.29 is 4.79 Å². The Morgan fingerprint density at radius 1 is 1.19 bits per heavy atom. The first-order valence-corrected chi connectivity index (χ1v) is 8.90. The highest BCUT2D eigenvalue weighted by Gasteiger charge is 2.29. The Balaban J connectivity index is 1.68. The molecular formula is C21H22N4O. The molecule has 1 aliphatic rings. The first-order chi connectivity index (χ1) is 12.5. The van der Waals surface area contributed by atoms with E-state index >= 15 is 0 Å². The number of aryl methyl sites for hydroxylation is 2. The van der Waals surface area contributed by atoms with E-state index in [1.165, 1.54) is 11.1 Å². The Hall–Kier alpha value is -2.95. The predicted molar refractivity (Wildman–Crippen MR) is 101 cm³/mol. The molecule has 0 spiro atoms. The van der Waals surface area contributed by atoms with Gasteiger partial charge in [-0.15, -0.1) is 0 Å². The normalized spacial score (nSPS) is 16.4. The molecule has 1 aromatic carbocycles. The maximum Gasteiger partial charge on any atom is 0.273 e. The van der Waals surface area contributed by atoms with Crippen molar-refractivity contribution in [2.45, 2.75) is 26.3 Å². The van der Waals surface area contributed by atoms with Crippen LogP contribution < -0.4 is 0 Å². The molecule has 1 amide bonds. The van der Waals surface area contributed by atoms with Gasteiger partial charge in [0, 0.05) is 25.4 Å². The number of carbonyl (C=O) groups is 1. The Labute approximate surface area is 153 Å². The summed E-state index contributed by atoms with van der Waals surface area (Å²) < 4.78 is 1.74. The fourth-order valence-electron chi connectivity index (χ4n) is 3.64. The third kappa shape index (κ3) is 2.79. The number of benzene rings is 1. The zero-order valence-corrected chi connectivity index (χ0v) is 15.3. The molecule has 3 aromatic rings. The molecule has 0 N–H and O–H groups in total. The highest BCUT2D eigenvalue weighted by atomic mass is 16.2. The second kappa shape index (κ2) is 6.41. The molecule has 1 atom stereocenters. The number of nitrogens with zero attached hydrogens (tertiary/aromatic N) is 4. The number of carbonyl (C=O) groups excluding carboxylic acids is 1. The van der Waals surface area contributed by atoms with Gasteiger partial charge >= 0.3 is 0 Å². The molecular weight excluding hydrogens is 324 g/mol. The van der Waals surface area contributed by atoms with E-state index in [-0.39, 0.29) is 11.9 Å². The molecule has 26 heavy (non-hydrogen) atoms. The summed E-state index contributed by atoms with van der Waals surface area (Å²) in [6.45, 7) is 4.75. The zero-order chi connectivity index (χ0) is 18.3. The number of pyridine rings is 1. The summed E-state index contributed by atoms with van der Waals surface area (Å²) in [6, 6.07) is 12.3. The molecule has 5 heteroatoms. The molecule has 1 aliphatic heterocycles. The van der Waals surface area contributed by atoms with E-state index in [9.17, 15) is 4.79 Å². The summed E-state index contributed by atoms with van der Waals surface area (Å²) in [7, 11) is 1.87. The third-order valence-corrected chi connectivity index (χ3v) is 5.16. The lowest BCUT2D eigenvalue weighted by atomic mass is 9.93.